The molecule has 0 spiro atoms. The third kappa shape index (κ3) is 3.19. The van der Waals surface area contributed by atoms with Crippen molar-refractivity contribution in [3.8, 4) is 0 Å². The van der Waals surface area contributed by atoms with E-state index in [2.05, 4.69) is 0 Å². The molecule has 0 aliphatic rings. The highest BCUT2D eigenvalue weighted by molar-refractivity contribution is 5.76. The number of aliphatic hydroxyl groups is 1. The van der Waals surface area contributed by atoms with Crippen LogP contribution in [-0.2, 0) is 9.53 Å². The van der Waals surface area contributed by atoms with Crippen molar-refractivity contribution in [2.24, 2.45) is 0 Å². The van der Waals surface area contributed by atoms with Gasteiger partial charge in [-0.15, -0.1) is 0 Å². The van der Waals surface area contributed by atoms with Crippen molar-refractivity contribution >= 4 is 5.97 Å². The van der Waals surface area contributed by atoms with E-state index in [0.717, 1.165) is 0 Å². The molecule has 0 aromatic heterocycles. The summed E-state index contributed by atoms with van der Waals surface area (Å²) in [5.41, 5.74) is -2.35. The second-order valence-electron chi connectivity index (χ2n) is 3.72. The van der Waals surface area contributed by atoms with Crippen LogP contribution in [-0.4, -0.2) is 34.5 Å². The van der Waals surface area contributed by atoms with E-state index in [9.17, 15) is 9.90 Å². The standard InChI is InChI=1S/C8H16O4/c1-7(2,12-4)5-8(3,11)6(9)10/h11H,5H2,1-4H3,(H,9,10). The fraction of sp³-hybridized carbons (Fsp3) is 0.875. The van der Waals surface area contributed by atoms with Crippen LogP contribution >= 0.6 is 0 Å². The minimum Gasteiger partial charge on any atom is -0.479 e. The van der Waals surface area contributed by atoms with Gasteiger partial charge in [0.1, 0.15) is 0 Å². The first-order valence-corrected chi connectivity index (χ1v) is 3.72. The number of methoxy groups -OCH3 is 1. The third-order valence-corrected chi connectivity index (χ3v) is 1.78. The lowest BCUT2D eigenvalue weighted by atomic mass is 9.91. The normalized spacial score (nSPS) is 17.1. The number of rotatable bonds is 4. The molecule has 0 amide bonds. The minimum absolute atomic E-state index is 0.0613. The molecular formula is C8H16O4. The summed E-state index contributed by atoms with van der Waals surface area (Å²) in [5.74, 6) is -1.23. The summed E-state index contributed by atoms with van der Waals surface area (Å²) in [6, 6.07) is 0. The highest BCUT2D eigenvalue weighted by Gasteiger charge is 2.36. The first-order valence-electron chi connectivity index (χ1n) is 3.72. The molecule has 2 N–H and O–H groups in total. The van der Waals surface area contributed by atoms with E-state index in [4.69, 9.17) is 9.84 Å². The number of carboxylic acids is 1. The van der Waals surface area contributed by atoms with E-state index >= 15 is 0 Å². The summed E-state index contributed by atoms with van der Waals surface area (Å²) in [4.78, 5) is 10.5. The van der Waals surface area contributed by atoms with Crippen LogP contribution in [0.25, 0.3) is 0 Å². The van der Waals surface area contributed by atoms with Crippen LogP contribution in [0.15, 0.2) is 0 Å². The van der Waals surface area contributed by atoms with Crippen molar-refractivity contribution in [3.05, 3.63) is 0 Å². The average molecular weight is 176 g/mol. The van der Waals surface area contributed by atoms with E-state index in [1.807, 2.05) is 0 Å². The van der Waals surface area contributed by atoms with Crippen LogP contribution in [0.5, 0.6) is 0 Å². The van der Waals surface area contributed by atoms with Gasteiger partial charge >= 0.3 is 5.97 Å². The van der Waals surface area contributed by atoms with Crippen LogP contribution in [0.1, 0.15) is 27.2 Å². The average Bonchev–Trinajstić information content (AvgIpc) is 1.85. The van der Waals surface area contributed by atoms with Crippen molar-refractivity contribution in [2.45, 2.75) is 38.4 Å². The van der Waals surface area contributed by atoms with E-state index in [-0.39, 0.29) is 6.42 Å². The van der Waals surface area contributed by atoms with Gasteiger partial charge in [0.05, 0.1) is 5.60 Å². The molecule has 0 heterocycles. The van der Waals surface area contributed by atoms with Gasteiger partial charge in [-0.2, -0.15) is 0 Å². The van der Waals surface area contributed by atoms with Gasteiger partial charge in [-0.1, -0.05) is 0 Å². The number of hydrogen-bond acceptors (Lipinski definition) is 3. The van der Waals surface area contributed by atoms with Gasteiger partial charge in [0.15, 0.2) is 5.60 Å². The van der Waals surface area contributed by atoms with Crippen LogP contribution < -0.4 is 0 Å². The number of hydrogen-bond donors (Lipinski definition) is 2. The molecule has 0 aliphatic carbocycles. The Morgan fingerprint density at radius 1 is 1.42 bits per heavy atom. The fourth-order valence-corrected chi connectivity index (χ4v) is 0.977. The molecule has 0 aromatic rings. The quantitative estimate of drug-likeness (QED) is 0.659. The zero-order chi connectivity index (χ0) is 9.99. The number of carboxylic acid groups (broad SMARTS) is 1. The number of ether oxygens (including phenoxy) is 1. The molecule has 0 aromatic carbocycles. The van der Waals surface area contributed by atoms with E-state index in [1.165, 1.54) is 14.0 Å². The predicted octanol–water partition coefficient (Wildman–Crippen LogP) is 0.637. The third-order valence-electron chi connectivity index (χ3n) is 1.78. The van der Waals surface area contributed by atoms with Crippen molar-refractivity contribution < 1.29 is 19.7 Å². The second-order valence-corrected chi connectivity index (χ2v) is 3.72. The summed E-state index contributed by atoms with van der Waals surface area (Å²) in [7, 11) is 1.48. The first-order chi connectivity index (χ1) is 5.21. The maximum Gasteiger partial charge on any atom is 0.335 e. The highest BCUT2D eigenvalue weighted by Crippen LogP contribution is 2.22. The maximum atomic E-state index is 10.5. The monoisotopic (exact) mass is 176 g/mol. The molecule has 0 radical (unpaired) electrons. The lowest BCUT2D eigenvalue weighted by Crippen LogP contribution is -2.42. The molecule has 4 nitrogen and oxygen atoms in total. The first kappa shape index (κ1) is 11.4. The summed E-state index contributed by atoms with van der Waals surface area (Å²) >= 11 is 0. The van der Waals surface area contributed by atoms with Crippen molar-refractivity contribution in [1.29, 1.82) is 0 Å². The number of aliphatic carboxylic acids is 1. The molecule has 0 bridgehead atoms. The van der Waals surface area contributed by atoms with Gasteiger partial charge in [-0.3, -0.25) is 0 Å². The zero-order valence-electron chi connectivity index (χ0n) is 7.92. The Morgan fingerprint density at radius 3 is 2.08 bits per heavy atom. The van der Waals surface area contributed by atoms with Gasteiger partial charge in [-0.05, 0) is 20.8 Å². The lowest BCUT2D eigenvalue weighted by molar-refractivity contribution is -0.163. The van der Waals surface area contributed by atoms with Crippen LogP contribution in [0, 0.1) is 0 Å². The second kappa shape index (κ2) is 3.41. The Labute approximate surface area is 72.2 Å². The van der Waals surface area contributed by atoms with Crippen molar-refractivity contribution in [3.63, 3.8) is 0 Å². The summed E-state index contributed by atoms with van der Waals surface area (Å²) in [5, 5.41) is 18.0. The fourth-order valence-electron chi connectivity index (χ4n) is 0.977. The molecule has 1 atom stereocenters. The smallest absolute Gasteiger partial charge is 0.335 e. The highest BCUT2D eigenvalue weighted by atomic mass is 16.5. The molecule has 0 saturated carbocycles. The Morgan fingerprint density at radius 2 is 1.83 bits per heavy atom. The molecule has 0 fully saturated rings. The Kier molecular flexibility index (Phi) is 3.24. The minimum atomic E-state index is -1.72. The topological polar surface area (TPSA) is 66.8 Å². The molecular weight excluding hydrogens is 160 g/mol. The Bertz CT molecular complexity index is 172. The molecule has 0 rings (SSSR count). The van der Waals surface area contributed by atoms with Crippen molar-refractivity contribution in [1.82, 2.24) is 0 Å². The van der Waals surface area contributed by atoms with E-state index in [1.54, 1.807) is 13.8 Å². The van der Waals surface area contributed by atoms with Crippen LogP contribution in [0.2, 0.25) is 0 Å². The van der Waals surface area contributed by atoms with E-state index < -0.39 is 17.2 Å². The largest absolute Gasteiger partial charge is 0.479 e. The van der Waals surface area contributed by atoms with E-state index in [0.29, 0.717) is 0 Å². The maximum absolute atomic E-state index is 10.5. The molecule has 0 aliphatic heterocycles. The van der Waals surface area contributed by atoms with Crippen LogP contribution in [0.3, 0.4) is 0 Å². The molecule has 0 saturated heterocycles. The molecule has 1 unspecified atom stereocenters. The summed E-state index contributed by atoms with van der Waals surface area (Å²) < 4.78 is 5.00. The van der Waals surface area contributed by atoms with Gasteiger partial charge in [0.25, 0.3) is 0 Å². The Hall–Kier alpha value is -0.610. The van der Waals surface area contributed by atoms with Gasteiger partial charge in [0, 0.05) is 13.5 Å². The predicted molar refractivity (Wildman–Crippen MR) is 44.0 cm³/mol. The summed E-state index contributed by atoms with van der Waals surface area (Å²) in [6.45, 7) is 4.71. The van der Waals surface area contributed by atoms with Gasteiger partial charge in [-0.25, -0.2) is 4.79 Å². The SMILES string of the molecule is COC(C)(C)CC(C)(O)C(=O)O. The van der Waals surface area contributed by atoms with Crippen molar-refractivity contribution in [2.75, 3.05) is 7.11 Å². The van der Waals surface area contributed by atoms with Gasteiger partial charge < -0.3 is 14.9 Å². The Balaban J connectivity index is 4.34. The summed E-state index contributed by atoms with van der Waals surface area (Å²) in [6.07, 6.45) is 0.0613. The van der Waals surface area contributed by atoms with Gasteiger partial charge in [0.2, 0.25) is 0 Å². The zero-order valence-corrected chi connectivity index (χ0v) is 7.92. The molecule has 12 heavy (non-hydrogen) atoms. The molecule has 4 heteroatoms. The number of carbonyl (C=O) groups is 1. The van der Waals surface area contributed by atoms with Crippen LogP contribution in [0.4, 0.5) is 0 Å². The molecule has 72 valence electrons. The lowest BCUT2D eigenvalue weighted by Gasteiger charge is -2.29.